The van der Waals surface area contributed by atoms with Crippen LogP contribution in [0.4, 0.5) is 17.1 Å². The summed E-state index contributed by atoms with van der Waals surface area (Å²) in [6, 6.07) is 109. The molecule has 422 valence electrons. The lowest BCUT2D eigenvalue weighted by atomic mass is 9.66. The van der Waals surface area contributed by atoms with Crippen LogP contribution in [0.3, 0.4) is 0 Å². The van der Waals surface area contributed by atoms with Crippen LogP contribution in [0.15, 0.2) is 285 Å². The van der Waals surface area contributed by atoms with Gasteiger partial charge in [0.25, 0.3) is 0 Å². The molecule has 0 unspecified atom stereocenters. The van der Waals surface area contributed by atoms with E-state index in [2.05, 4.69) is 332 Å². The Morgan fingerprint density at radius 3 is 1.04 bits per heavy atom. The molecule has 1 heteroatoms. The van der Waals surface area contributed by atoms with Crippen molar-refractivity contribution < 1.29 is 0 Å². The summed E-state index contributed by atoms with van der Waals surface area (Å²) in [5.41, 5.74) is 31.3. The van der Waals surface area contributed by atoms with Crippen LogP contribution in [0.5, 0.6) is 0 Å². The second kappa shape index (κ2) is 18.6. The van der Waals surface area contributed by atoms with Gasteiger partial charge in [-0.2, -0.15) is 0 Å². The average molecular weight is 1140 g/mol. The number of hydrogen-bond donors (Lipinski definition) is 0. The lowest BCUT2D eigenvalue weighted by Gasteiger charge is -2.35. The van der Waals surface area contributed by atoms with E-state index in [1.807, 2.05) is 0 Å². The Bertz CT molecular complexity index is 5200. The first-order valence-electron chi connectivity index (χ1n) is 31.7. The molecule has 0 fully saturated rings. The van der Waals surface area contributed by atoms with Crippen molar-refractivity contribution in [2.75, 3.05) is 4.90 Å². The molecule has 14 aromatic rings. The predicted molar refractivity (Wildman–Crippen MR) is 375 cm³/mol. The molecule has 0 N–H and O–H groups in total. The minimum absolute atomic E-state index is 0.143. The van der Waals surface area contributed by atoms with Gasteiger partial charge in [0.1, 0.15) is 0 Å². The first kappa shape index (κ1) is 51.8. The Morgan fingerprint density at radius 1 is 0.213 bits per heavy atom. The fraction of sp³-hybridized carbons (Fsp3) is 0.114. The lowest BCUT2D eigenvalue weighted by Crippen LogP contribution is -2.29. The number of nitrogens with zero attached hydrogens (tertiary/aromatic N) is 1. The fourth-order valence-corrected chi connectivity index (χ4v) is 17.3. The summed E-state index contributed by atoms with van der Waals surface area (Å²) in [5.74, 6) is 0. The van der Waals surface area contributed by atoms with Crippen molar-refractivity contribution in [2.45, 2.75) is 63.2 Å². The maximum absolute atomic E-state index is 2.54. The van der Waals surface area contributed by atoms with E-state index in [-0.39, 0.29) is 16.2 Å². The maximum atomic E-state index is 2.54. The smallest absolute Gasteiger partial charge is 0.0719 e. The number of benzene rings is 14. The Kier molecular flexibility index (Phi) is 10.8. The number of rotatable bonds is 7. The third kappa shape index (κ3) is 7.08. The number of anilines is 3. The predicted octanol–water partition coefficient (Wildman–Crippen LogP) is 23.2. The number of fused-ring (bicyclic) bond motifs is 17. The maximum Gasteiger partial charge on any atom is 0.0719 e. The first-order valence-corrected chi connectivity index (χ1v) is 31.7. The minimum Gasteiger partial charge on any atom is -0.310 e. The summed E-state index contributed by atoms with van der Waals surface area (Å²) in [6.07, 6.45) is 0. The van der Waals surface area contributed by atoms with Gasteiger partial charge >= 0.3 is 0 Å². The molecule has 0 radical (unpaired) electrons. The highest BCUT2D eigenvalue weighted by Gasteiger charge is 2.48. The van der Waals surface area contributed by atoms with E-state index in [4.69, 9.17) is 0 Å². The molecule has 0 aliphatic heterocycles. The van der Waals surface area contributed by atoms with Crippen LogP contribution in [0.2, 0.25) is 0 Å². The van der Waals surface area contributed by atoms with Crippen molar-refractivity contribution in [1.29, 1.82) is 0 Å². The minimum atomic E-state index is -0.546. The molecular weight excluding hydrogens is 1070 g/mol. The van der Waals surface area contributed by atoms with E-state index in [9.17, 15) is 0 Å². The standard InChI is InChI=1S/C88H65N/c1-85(2)77-37-20-17-32-64(77)68-45-41-57(49-81(68)85)89(58-42-46-69-65-33-18-21-38-78(65)86(3,4)82(69)50-58)59-43-47-70-67-44-40-54(48-80(67)87(5,6)83(70)51-59)73-52-75-63-31-16-15-30-62(63)74(53-76(75)61-29-14-13-28-60(61)73)72-36-23-35-71-66-34-19-22-39-79(66)88(84(71)72,55-24-9-7-10-25-55)56-26-11-8-12-27-56/h7-53H,1-6H3. The van der Waals surface area contributed by atoms with Gasteiger partial charge in [0.15, 0.2) is 0 Å². The van der Waals surface area contributed by atoms with Crippen molar-refractivity contribution in [3.05, 3.63) is 341 Å². The highest BCUT2D eigenvalue weighted by Crippen LogP contribution is 2.61. The summed E-state index contributed by atoms with van der Waals surface area (Å²) in [7, 11) is 0. The van der Waals surface area contributed by atoms with Crippen LogP contribution in [-0.4, -0.2) is 0 Å². The monoisotopic (exact) mass is 1140 g/mol. The molecule has 0 atom stereocenters. The van der Waals surface area contributed by atoms with Crippen LogP contribution in [0, 0.1) is 0 Å². The molecule has 0 aromatic heterocycles. The normalized spacial score (nSPS) is 15.2. The van der Waals surface area contributed by atoms with Gasteiger partial charge in [-0.3, -0.25) is 0 Å². The van der Waals surface area contributed by atoms with Crippen LogP contribution in [0.25, 0.3) is 99.1 Å². The van der Waals surface area contributed by atoms with E-state index < -0.39 is 5.41 Å². The largest absolute Gasteiger partial charge is 0.310 e. The molecule has 14 aromatic carbocycles. The van der Waals surface area contributed by atoms with Gasteiger partial charge in [0.2, 0.25) is 0 Å². The van der Waals surface area contributed by atoms with Crippen molar-refractivity contribution in [3.63, 3.8) is 0 Å². The summed E-state index contributed by atoms with van der Waals surface area (Å²) in [4.78, 5) is 2.54. The molecule has 18 rings (SSSR count). The SMILES string of the molecule is CC1(C)c2ccccc2-c2ccc(N(c3ccc4c(c3)C(C)(C)c3ccccc3-4)c3ccc4c(c3)C(C)(C)c3cc(-c5cc6c7ccccc7c(-c7cccc8c7C(c7ccccc7)(c7ccccc7)c7ccccc7-8)cc6c6ccccc56)ccc3-4)cc21. The topological polar surface area (TPSA) is 3.24 Å². The van der Waals surface area contributed by atoms with Crippen LogP contribution in [0.1, 0.15) is 97.2 Å². The van der Waals surface area contributed by atoms with Gasteiger partial charge in [-0.05, 0) is 209 Å². The Hall–Kier alpha value is -10.3. The van der Waals surface area contributed by atoms with E-state index in [0.717, 1.165) is 5.69 Å². The molecule has 1 nitrogen and oxygen atoms in total. The second-order valence-corrected chi connectivity index (χ2v) is 27.0. The van der Waals surface area contributed by atoms with E-state index in [0.29, 0.717) is 0 Å². The molecule has 4 aliphatic rings. The van der Waals surface area contributed by atoms with Gasteiger partial charge in [0, 0.05) is 33.3 Å². The molecular formula is C88H65N. The Balaban J connectivity index is 0.783. The van der Waals surface area contributed by atoms with Crippen molar-refractivity contribution in [2.24, 2.45) is 0 Å². The molecule has 0 saturated heterocycles. The molecule has 0 heterocycles. The van der Waals surface area contributed by atoms with Gasteiger partial charge in [-0.25, -0.2) is 0 Å². The zero-order chi connectivity index (χ0) is 59.7. The summed E-state index contributed by atoms with van der Waals surface area (Å²) in [5, 5.41) is 7.53. The van der Waals surface area contributed by atoms with Gasteiger partial charge in [-0.15, -0.1) is 0 Å². The van der Waals surface area contributed by atoms with Crippen LogP contribution in [-0.2, 0) is 21.7 Å². The quantitative estimate of drug-likeness (QED) is 0.144. The second-order valence-electron chi connectivity index (χ2n) is 27.0. The average Bonchev–Trinajstić information content (AvgIpc) is 1.55. The molecule has 0 spiro atoms. The Morgan fingerprint density at radius 2 is 0.551 bits per heavy atom. The summed E-state index contributed by atoms with van der Waals surface area (Å²) in [6.45, 7) is 14.4. The van der Waals surface area contributed by atoms with E-state index in [1.54, 1.807) is 0 Å². The van der Waals surface area contributed by atoms with Gasteiger partial charge < -0.3 is 4.90 Å². The van der Waals surface area contributed by atoms with Gasteiger partial charge in [0.05, 0.1) is 5.41 Å². The van der Waals surface area contributed by atoms with E-state index in [1.165, 1.54) is 166 Å². The first-order chi connectivity index (χ1) is 43.4. The third-order valence-electron chi connectivity index (χ3n) is 21.5. The highest BCUT2D eigenvalue weighted by atomic mass is 15.1. The zero-order valence-corrected chi connectivity index (χ0v) is 51.1. The zero-order valence-electron chi connectivity index (χ0n) is 51.1. The van der Waals surface area contributed by atoms with Gasteiger partial charge in [-0.1, -0.05) is 272 Å². The fourth-order valence-electron chi connectivity index (χ4n) is 17.3. The van der Waals surface area contributed by atoms with Crippen LogP contribution < -0.4 is 4.90 Å². The highest BCUT2D eigenvalue weighted by molar-refractivity contribution is 6.24. The summed E-state index contributed by atoms with van der Waals surface area (Å²) < 4.78 is 0. The van der Waals surface area contributed by atoms with Crippen LogP contribution >= 0.6 is 0 Å². The molecule has 0 saturated carbocycles. The molecule has 4 aliphatic carbocycles. The molecule has 0 bridgehead atoms. The molecule has 89 heavy (non-hydrogen) atoms. The van der Waals surface area contributed by atoms with Crippen molar-refractivity contribution in [1.82, 2.24) is 0 Å². The lowest BCUT2D eigenvalue weighted by molar-refractivity contribution is 0.659. The van der Waals surface area contributed by atoms with Crippen molar-refractivity contribution >= 4 is 49.4 Å². The van der Waals surface area contributed by atoms with Crippen molar-refractivity contribution in [3.8, 4) is 66.8 Å². The Labute approximate surface area is 521 Å². The third-order valence-corrected chi connectivity index (χ3v) is 21.5. The number of hydrogen-bond acceptors (Lipinski definition) is 1. The summed E-state index contributed by atoms with van der Waals surface area (Å²) >= 11 is 0. The molecule has 0 amide bonds. The van der Waals surface area contributed by atoms with E-state index >= 15 is 0 Å².